The van der Waals surface area contributed by atoms with Crippen molar-refractivity contribution in [2.24, 2.45) is 0 Å². The summed E-state index contributed by atoms with van der Waals surface area (Å²) in [5.74, 6) is -0.427. The molecule has 1 fully saturated rings. The Morgan fingerprint density at radius 3 is 2.36 bits per heavy atom. The molecule has 25 heavy (non-hydrogen) atoms. The van der Waals surface area contributed by atoms with Crippen LogP contribution in [0.3, 0.4) is 0 Å². The molecule has 0 bridgehead atoms. The summed E-state index contributed by atoms with van der Waals surface area (Å²) in [6.07, 6.45) is 0. The van der Waals surface area contributed by atoms with Crippen LogP contribution in [0, 0.1) is 5.82 Å². The second-order valence-corrected chi connectivity index (χ2v) is 6.52. The summed E-state index contributed by atoms with van der Waals surface area (Å²) in [4.78, 5) is 26.9. The van der Waals surface area contributed by atoms with Gasteiger partial charge in [-0.15, -0.1) is 0 Å². The molecular weight excluding hydrogens is 319 g/mol. The van der Waals surface area contributed by atoms with E-state index in [-0.39, 0.29) is 17.6 Å². The molecule has 2 aromatic carbocycles. The number of piperazine rings is 1. The highest BCUT2D eigenvalue weighted by atomic mass is 19.1. The number of carbonyl (C=O) groups excluding carboxylic acids is 2. The van der Waals surface area contributed by atoms with Crippen molar-refractivity contribution in [1.82, 2.24) is 10.2 Å². The highest BCUT2D eigenvalue weighted by Crippen LogP contribution is 2.26. The third kappa shape index (κ3) is 3.55. The Labute approximate surface area is 146 Å². The Kier molecular flexibility index (Phi) is 4.83. The number of carbonyl (C=O) groups is 2. The first kappa shape index (κ1) is 17.1. The molecule has 1 unspecified atom stereocenters. The average Bonchev–Trinajstić information content (AvgIpc) is 2.62. The number of nitrogens with zero attached hydrogens (tertiary/aromatic N) is 1. The largest absolute Gasteiger partial charge is 0.352 e. The zero-order chi connectivity index (χ0) is 18.0. The van der Waals surface area contributed by atoms with Gasteiger partial charge in [-0.05, 0) is 41.3 Å². The molecule has 1 aliphatic rings. The lowest BCUT2D eigenvalue weighted by atomic mass is 9.99. The molecule has 0 aromatic heterocycles. The molecule has 1 heterocycles. The van der Waals surface area contributed by atoms with Gasteiger partial charge in [0, 0.05) is 18.7 Å². The van der Waals surface area contributed by atoms with Gasteiger partial charge in [0.05, 0.1) is 0 Å². The second kappa shape index (κ2) is 7.05. The first-order valence-corrected chi connectivity index (χ1v) is 8.41. The van der Waals surface area contributed by atoms with Crippen molar-refractivity contribution >= 4 is 11.8 Å². The van der Waals surface area contributed by atoms with Crippen LogP contribution in [0.5, 0.6) is 0 Å². The summed E-state index contributed by atoms with van der Waals surface area (Å²) in [7, 11) is 0. The van der Waals surface area contributed by atoms with E-state index in [1.807, 2.05) is 12.1 Å². The van der Waals surface area contributed by atoms with E-state index < -0.39 is 6.04 Å². The van der Waals surface area contributed by atoms with E-state index in [9.17, 15) is 14.0 Å². The maximum absolute atomic E-state index is 13.2. The molecule has 1 N–H and O–H groups in total. The number of amides is 2. The van der Waals surface area contributed by atoms with Crippen molar-refractivity contribution in [1.29, 1.82) is 0 Å². The molecule has 1 saturated heterocycles. The molecule has 1 atom stereocenters. The molecule has 130 valence electrons. The van der Waals surface area contributed by atoms with Gasteiger partial charge in [0.15, 0.2) is 0 Å². The normalized spacial score (nSPS) is 17.5. The number of hydrogen-bond acceptors (Lipinski definition) is 2. The number of rotatable bonds is 3. The van der Waals surface area contributed by atoms with E-state index >= 15 is 0 Å². The summed E-state index contributed by atoms with van der Waals surface area (Å²) in [6.45, 7) is 5.01. The lowest BCUT2D eigenvalue weighted by molar-refractivity contribution is -0.128. The van der Waals surface area contributed by atoms with Gasteiger partial charge in [-0.25, -0.2) is 4.39 Å². The average molecular weight is 340 g/mol. The summed E-state index contributed by atoms with van der Waals surface area (Å²) < 4.78 is 13.2. The molecule has 3 rings (SSSR count). The van der Waals surface area contributed by atoms with E-state index in [2.05, 4.69) is 19.2 Å². The molecule has 4 nitrogen and oxygen atoms in total. The Morgan fingerprint density at radius 2 is 1.76 bits per heavy atom. The zero-order valence-corrected chi connectivity index (χ0v) is 14.3. The Morgan fingerprint density at radius 1 is 1.12 bits per heavy atom. The van der Waals surface area contributed by atoms with E-state index in [0.717, 1.165) is 5.56 Å². The first-order chi connectivity index (χ1) is 12.0. The minimum atomic E-state index is -0.744. The number of hydrogen-bond donors (Lipinski definition) is 1. The van der Waals surface area contributed by atoms with Crippen LogP contribution in [-0.4, -0.2) is 29.8 Å². The van der Waals surface area contributed by atoms with Crippen molar-refractivity contribution in [2.45, 2.75) is 25.8 Å². The zero-order valence-electron chi connectivity index (χ0n) is 14.3. The summed E-state index contributed by atoms with van der Waals surface area (Å²) >= 11 is 0. The van der Waals surface area contributed by atoms with Crippen LogP contribution in [0.1, 0.15) is 47.3 Å². The highest BCUT2D eigenvalue weighted by Gasteiger charge is 2.34. The topological polar surface area (TPSA) is 49.4 Å². The predicted octanol–water partition coefficient (Wildman–Crippen LogP) is 3.26. The van der Waals surface area contributed by atoms with E-state index in [1.165, 1.54) is 12.1 Å². The van der Waals surface area contributed by atoms with Crippen LogP contribution in [0.25, 0.3) is 0 Å². The predicted molar refractivity (Wildman–Crippen MR) is 93.7 cm³/mol. The van der Waals surface area contributed by atoms with Gasteiger partial charge in [-0.1, -0.05) is 38.1 Å². The fraction of sp³-hybridized carbons (Fsp3) is 0.300. The molecule has 2 aromatic rings. The van der Waals surface area contributed by atoms with Gasteiger partial charge < -0.3 is 10.2 Å². The van der Waals surface area contributed by atoms with Gasteiger partial charge in [0.2, 0.25) is 5.91 Å². The minimum absolute atomic E-state index is 0.195. The molecule has 0 radical (unpaired) electrons. The Bertz CT molecular complexity index is 769. The molecular formula is C20H21FN2O2. The number of benzene rings is 2. The third-order valence-corrected chi connectivity index (χ3v) is 4.48. The quantitative estimate of drug-likeness (QED) is 0.932. The second-order valence-electron chi connectivity index (χ2n) is 6.52. The molecule has 5 heteroatoms. The third-order valence-electron chi connectivity index (χ3n) is 4.48. The Balaban J connectivity index is 1.90. The standard InChI is InChI=1S/C20H21FN2O2/c1-13(2)14-3-5-16(6-4-14)20(25)23-12-11-22-19(24)18(23)15-7-9-17(21)10-8-15/h3-10,13,18H,11-12H2,1-2H3,(H,22,24). The van der Waals surface area contributed by atoms with Crippen molar-refractivity contribution in [3.63, 3.8) is 0 Å². The van der Waals surface area contributed by atoms with Crippen LogP contribution in [0.4, 0.5) is 4.39 Å². The van der Waals surface area contributed by atoms with Gasteiger partial charge in [-0.2, -0.15) is 0 Å². The molecule has 0 aliphatic carbocycles. The highest BCUT2D eigenvalue weighted by molar-refractivity contribution is 5.98. The molecule has 2 amide bonds. The van der Waals surface area contributed by atoms with Gasteiger partial charge in [0.1, 0.15) is 11.9 Å². The first-order valence-electron chi connectivity index (χ1n) is 8.41. The lowest BCUT2D eigenvalue weighted by Crippen LogP contribution is -2.52. The van der Waals surface area contributed by atoms with E-state index in [0.29, 0.717) is 30.1 Å². The maximum Gasteiger partial charge on any atom is 0.254 e. The van der Waals surface area contributed by atoms with Crippen LogP contribution in [-0.2, 0) is 4.79 Å². The number of nitrogens with one attached hydrogen (secondary N) is 1. The SMILES string of the molecule is CC(C)c1ccc(C(=O)N2CCNC(=O)C2c2ccc(F)cc2)cc1. The van der Waals surface area contributed by atoms with E-state index in [4.69, 9.17) is 0 Å². The Hall–Kier alpha value is -2.69. The lowest BCUT2D eigenvalue weighted by Gasteiger charge is -2.35. The van der Waals surface area contributed by atoms with Crippen LogP contribution in [0.15, 0.2) is 48.5 Å². The monoisotopic (exact) mass is 340 g/mol. The molecule has 0 saturated carbocycles. The van der Waals surface area contributed by atoms with E-state index in [1.54, 1.807) is 29.2 Å². The molecule has 0 spiro atoms. The summed E-state index contributed by atoms with van der Waals surface area (Å²) in [6, 6.07) is 12.4. The van der Waals surface area contributed by atoms with Crippen LogP contribution in [0.2, 0.25) is 0 Å². The van der Waals surface area contributed by atoms with Gasteiger partial charge >= 0.3 is 0 Å². The number of halogens is 1. The summed E-state index contributed by atoms with van der Waals surface area (Å²) in [5, 5.41) is 2.78. The van der Waals surface area contributed by atoms with Crippen molar-refractivity contribution in [2.75, 3.05) is 13.1 Å². The smallest absolute Gasteiger partial charge is 0.254 e. The maximum atomic E-state index is 13.2. The minimum Gasteiger partial charge on any atom is -0.352 e. The van der Waals surface area contributed by atoms with Crippen LogP contribution >= 0.6 is 0 Å². The van der Waals surface area contributed by atoms with Gasteiger partial charge in [-0.3, -0.25) is 9.59 Å². The fourth-order valence-corrected chi connectivity index (χ4v) is 3.04. The van der Waals surface area contributed by atoms with Crippen LogP contribution < -0.4 is 5.32 Å². The molecule has 1 aliphatic heterocycles. The summed E-state index contributed by atoms with van der Waals surface area (Å²) in [5.41, 5.74) is 2.31. The fourth-order valence-electron chi connectivity index (χ4n) is 3.04. The van der Waals surface area contributed by atoms with Crippen molar-refractivity contribution in [3.8, 4) is 0 Å². The van der Waals surface area contributed by atoms with Crippen molar-refractivity contribution in [3.05, 3.63) is 71.0 Å². The van der Waals surface area contributed by atoms with Gasteiger partial charge in [0.25, 0.3) is 5.91 Å². The van der Waals surface area contributed by atoms with Crippen molar-refractivity contribution < 1.29 is 14.0 Å².